The average Bonchev–Trinajstić information content (AvgIpc) is 2.77. The van der Waals surface area contributed by atoms with Crippen LogP contribution in [0.3, 0.4) is 0 Å². The van der Waals surface area contributed by atoms with Crippen LogP contribution in [0.5, 0.6) is 0 Å². The SMILES string of the molecule is Cn1c(CCO)nc(Br)c1-c1ccc[nH]1. The van der Waals surface area contributed by atoms with Gasteiger partial charge in [0.25, 0.3) is 0 Å². The van der Waals surface area contributed by atoms with E-state index in [1.807, 2.05) is 29.9 Å². The molecule has 2 N–H and O–H groups in total. The molecule has 80 valence electrons. The van der Waals surface area contributed by atoms with E-state index in [1.54, 1.807) is 0 Å². The van der Waals surface area contributed by atoms with Gasteiger partial charge >= 0.3 is 0 Å². The van der Waals surface area contributed by atoms with Gasteiger partial charge in [-0.25, -0.2) is 4.98 Å². The molecule has 2 aromatic heterocycles. The van der Waals surface area contributed by atoms with Gasteiger partial charge in [0.15, 0.2) is 0 Å². The monoisotopic (exact) mass is 269 g/mol. The highest BCUT2D eigenvalue weighted by Gasteiger charge is 2.14. The molecule has 0 aliphatic rings. The van der Waals surface area contributed by atoms with Gasteiger partial charge in [-0.3, -0.25) is 0 Å². The van der Waals surface area contributed by atoms with Gasteiger partial charge in [0, 0.05) is 19.7 Å². The fraction of sp³-hybridized carbons (Fsp3) is 0.300. The molecule has 0 aromatic carbocycles. The lowest BCUT2D eigenvalue weighted by atomic mass is 10.3. The average molecular weight is 270 g/mol. The molecule has 0 unspecified atom stereocenters. The Kier molecular flexibility index (Phi) is 2.93. The summed E-state index contributed by atoms with van der Waals surface area (Å²) in [5.74, 6) is 0.869. The molecule has 2 rings (SSSR count). The molecule has 0 saturated heterocycles. The zero-order valence-corrected chi connectivity index (χ0v) is 9.95. The van der Waals surface area contributed by atoms with E-state index < -0.39 is 0 Å². The lowest BCUT2D eigenvalue weighted by molar-refractivity contribution is 0.295. The molecule has 0 aliphatic heterocycles. The minimum absolute atomic E-state index is 0.113. The number of nitrogens with one attached hydrogen (secondary N) is 1. The molecule has 0 amide bonds. The third-order valence-electron chi connectivity index (χ3n) is 2.33. The summed E-state index contributed by atoms with van der Waals surface area (Å²) < 4.78 is 2.78. The van der Waals surface area contributed by atoms with Crippen molar-refractivity contribution in [1.29, 1.82) is 0 Å². The van der Waals surface area contributed by atoms with Gasteiger partial charge in [-0.15, -0.1) is 0 Å². The zero-order valence-electron chi connectivity index (χ0n) is 8.37. The van der Waals surface area contributed by atoms with Crippen molar-refractivity contribution in [2.45, 2.75) is 6.42 Å². The van der Waals surface area contributed by atoms with Crippen molar-refractivity contribution >= 4 is 15.9 Å². The summed E-state index contributed by atoms with van der Waals surface area (Å²) in [4.78, 5) is 7.49. The lowest BCUT2D eigenvalue weighted by Crippen LogP contribution is -2.02. The third kappa shape index (κ3) is 1.85. The van der Waals surface area contributed by atoms with Crippen molar-refractivity contribution in [2.24, 2.45) is 7.05 Å². The van der Waals surface area contributed by atoms with E-state index in [0.29, 0.717) is 6.42 Å². The topological polar surface area (TPSA) is 53.8 Å². The molecule has 2 aromatic rings. The fourth-order valence-electron chi connectivity index (χ4n) is 1.60. The van der Waals surface area contributed by atoms with Crippen LogP contribution in [-0.2, 0) is 13.5 Å². The Morgan fingerprint density at radius 3 is 3.00 bits per heavy atom. The number of aliphatic hydroxyl groups is 1. The predicted molar refractivity (Wildman–Crippen MR) is 61.5 cm³/mol. The summed E-state index contributed by atoms with van der Waals surface area (Å²) in [7, 11) is 1.94. The van der Waals surface area contributed by atoms with Crippen LogP contribution < -0.4 is 0 Å². The molecule has 15 heavy (non-hydrogen) atoms. The van der Waals surface area contributed by atoms with Crippen LogP contribution in [0.4, 0.5) is 0 Å². The molecular formula is C10H12BrN3O. The first-order valence-corrected chi connectivity index (χ1v) is 5.49. The Bertz CT molecular complexity index is 447. The Labute approximate surface area is 96.1 Å². The molecule has 0 spiro atoms. The zero-order chi connectivity index (χ0) is 10.8. The second-order valence-electron chi connectivity index (χ2n) is 3.28. The second kappa shape index (κ2) is 4.20. The van der Waals surface area contributed by atoms with E-state index in [1.165, 1.54) is 0 Å². The standard InChI is InChI=1S/C10H12BrN3O/c1-14-8(4-6-15)13-10(11)9(14)7-3-2-5-12-7/h2-3,5,12,15H,4,6H2,1H3. The number of halogens is 1. The van der Waals surface area contributed by atoms with Crippen molar-refractivity contribution in [3.05, 3.63) is 28.8 Å². The number of imidazole rings is 1. The van der Waals surface area contributed by atoms with E-state index in [4.69, 9.17) is 5.11 Å². The number of hydrogen-bond acceptors (Lipinski definition) is 2. The Morgan fingerprint density at radius 1 is 1.60 bits per heavy atom. The van der Waals surface area contributed by atoms with E-state index in [9.17, 15) is 0 Å². The Hall–Kier alpha value is -1.07. The van der Waals surface area contributed by atoms with E-state index in [-0.39, 0.29) is 6.61 Å². The molecule has 0 aliphatic carbocycles. The highest BCUT2D eigenvalue weighted by atomic mass is 79.9. The first-order chi connectivity index (χ1) is 7.24. The van der Waals surface area contributed by atoms with E-state index in [0.717, 1.165) is 21.8 Å². The van der Waals surface area contributed by atoms with Gasteiger partial charge in [-0.1, -0.05) is 0 Å². The minimum atomic E-state index is 0.113. The Balaban J connectivity index is 2.48. The van der Waals surface area contributed by atoms with Crippen LogP contribution in [0.15, 0.2) is 22.9 Å². The van der Waals surface area contributed by atoms with Gasteiger partial charge in [-0.2, -0.15) is 0 Å². The summed E-state index contributed by atoms with van der Waals surface area (Å²) in [6, 6.07) is 3.94. The van der Waals surface area contributed by atoms with Crippen LogP contribution >= 0.6 is 15.9 Å². The first-order valence-electron chi connectivity index (χ1n) is 4.69. The van der Waals surface area contributed by atoms with Crippen LogP contribution in [0.1, 0.15) is 5.82 Å². The lowest BCUT2D eigenvalue weighted by Gasteiger charge is -2.03. The van der Waals surface area contributed by atoms with Crippen molar-refractivity contribution in [2.75, 3.05) is 6.61 Å². The van der Waals surface area contributed by atoms with Gasteiger partial charge in [0.2, 0.25) is 0 Å². The molecular weight excluding hydrogens is 258 g/mol. The van der Waals surface area contributed by atoms with Crippen molar-refractivity contribution in [1.82, 2.24) is 14.5 Å². The maximum Gasteiger partial charge on any atom is 0.134 e. The molecule has 5 heteroatoms. The number of rotatable bonds is 3. The Morgan fingerprint density at radius 2 is 2.40 bits per heavy atom. The highest BCUT2D eigenvalue weighted by Crippen LogP contribution is 2.27. The summed E-state index contributed by atoms with van der Waals surface area (Å²) in [6.45, 7) is 0.113. The maximum atomic E-state index is 8.90. The van der Waals surface area contributed by atoms with Gasteiger partial charge < -0.3 is 14.7 Å². The van der Waals surface area contributed by atoms with Crippen LogP contribution in [0.2, 0.25) is 0 Å². The third-order valence-corrected chi connectivity index (χ3v) is 2.89. The minimum Gasteiger partial charge on any atom is -0.396 e. The molecule has 0 saturated carbocycles. The number of aromatic amines is 1. The van der Waals surface area contributed by atoms with Crippen LogP contribution in [-0.4, -0.2) is 26.2 Å². The normalized spacial score (nSPS) is 10.9. The van der Waals surface area contributed by atoms with E-state index >= 15 is 0 Å². The van der Waals surface area contributed by atoms with Gasteiger partial charge in [-0.05, 0) is 28.1 Å². The number of aliphatic hydroxyl groups excluding tert-OH is 1. The molecule has 0 fully saturated rings. The second-order valence-corrected chi connectivity index (χ2v) is 4.04. The molecule has 0 atom stereocenters. The van der Waals surface area contributed by atoms with Gasteiger partial charge in [0.05, 0.1) is 18.0 Å². The molecule has 2 heterocycles. The maximum absolute atomic E-state index is 8.90. The number of nitrogens with zero attached hydrogens (tertiary/aromatic N) is 2. The molecule has 0 bridgehead atoms. The highest BCUT2D eigenvalue weighted by molar-refractivity contribution is 9.10. The molecule has 4 nitrogen and oxygen atoms in total. The first kappa shape index (κ1) is 10.4. The predicted octanol–water partition coefficient (Wildman–Crippen LogP) is 1.71. The number of hydrogen-bond donors (Lipinski definition) is 2. The van der Waals surface area contributed by atoms with E-state index in [2.05, 4.69) is 25.9 Å². The quantitative estimate of drug-likeness (QED) is 0.892. The van der Waals surface area contributed by atoms with Gasteiger partial charge in [0.1, 0.15) is 10.4 Å². The summed E-state index contributed by atoms with van der Waals surface area (Å²) in [5.41, 5.74) is 2.02. The largest absolute Gasteiger partial charge is 0.396 e. The smallest absolute Gasteiger partial charge is 0.134 e. The van der Waals surface area contributed by atoms with Crippen LogP contribution in [0, 0.1) is 0 Å². The summed E-state index contributed by atoms with van der Waals surface area (Å²) in [5, 5.41) is 8.90. The number of H-pyrrole nitrogens is 1. The number of aromatic nitrogens is 3. The summed E-state index contributed by atoms with van der Waals surface area (Å²) >= 11 is 3.43. The van der Waals surface area contributed by atoms with Crippen molar-refractivity contribution < 1.29 is 5.11 Å². The van der Waals surface area contributed by atoms with Crippen molar-refractivity contribution in [3.63, 3.8) is 0 Å². The van der Waals surface area contributed by atoms with Crippen molar-refractivity contribution in [3.8, 4) is 11.4 Å². The van der Waals surface area contributed by atoms with Crippen LogP contribution in [0.25, 0.3) is 11.4 Å². The molecule has 0 radical (unpaired) electrons. The summed E-state index contributed by atoms with van der Waals surface area (Å²) in [6.07, 6.45) is 2.44. The fourth-order valence-corrected chi connectivity index (χ4v) is 2.29.